The molecule has 2 aromatic carbocycles. The van der Waals surface area contributed by atoms with Gasteiger partial charge in [-0.05, 0) is 42.5 Å². The lowest BCUT2D eigenvalue weighted by Gasteiger charge is -2.12. The Kier molecular flexibility index (Phi) is 5.54. The Labute approximate surface area is 141 Å². The van der Waals surface area contributed by atoms with Crippen molar-refractivity contribution in [2.24, 2.45) is 0 Å². The number of halogens is 3. The van der Waals surface area contributed by atoms with Gasteiger partial charge in [0.1, 0.15) is 5.82 Å². The Balaban J connectivity index is 1.93. The largest absolute Gasteiger partial charge is 0.331 e. The summed E-state index contributed by atoms with van der Waals surface area (Å²) in [4.78, 5) is 11.8. The highest BCUT2D eigenvalue weighted by molar-refractivity contribution is 7.80. The van der Waals surface area contributed by atoms with Crippen LogP contribution in [-0.4, -0.2) is 11.0 Å². The third-order valence-corrected chi connectivity index (χ3v) is 3.17. The van der Waals surface area contributed by atoms with Crippen LogP contribution in [0.15, 0.2) is 42.5 Å². The first-order chi connectivity index (χ1) is 10.5. The summed E-state index contributed by atoms with van der Waals surface area (Å²) < 4.78 is 13.4. The maximum absolute atomic E-state index is 13.4. The van der Waals surface area contributed by atoms with Crippen LogP contribution in [0.4, 0.5) is 10.1 Å². The topological polar surface area (TPSA) is 53.2 Å². The third kappa shape index (κ3) is 4.56. The van der Waals surface area contributed by atoms with Crippen molar-refractivity contribution >= 4 is 52.1 Å². The average molecular weight is 358 g/mol. The van der Waals surface area contributed by atoms with E-state index in [1.807, 2.05) is 0 Å². The first-order valence-corrected chi connectivity index (χ1v) is 7.20. The van der Waals surface area contributed by atoms with Gasteiger partial charge in [0.15, 0.2) is 5.11 Å². The zero-order valence-corrected chi connectivity index (χ0v) is 13.3. The SMILES string of the molecule is O=C(NNC(=S)Nc1cc(Cl)cc(Cl)c1)c1ccccc1F. The summed E-state index contributed by atoms with van der Waals surface area (Å²) in [6.07, 6.45) is 0. The summed E-state index contributed by atoms with van der Waals surface area (Å²) in [5, 5.41) is 3.76. The van der Waals surface area contributed by atoms with E-state index in [1.54, 1.807) is 24.3 Å². The van der Waals surface area contributed by atoms with Gasteiger partial charge in [-0.1, -0.05) is 35.3 Å². The van der Waals surface area contributed by atoms with Crippen LogP contribution in [0.5, 0.6) is 0 Å². The molecule has 2 rings (SSSR count). The van der Waals surface area contributed by atoms with E-state index in [0.717, 1.165) is 0 Å². The summed E-state index contributed by atoms with van der Waals surface area (Å²) in [6.45, 7) is 0. The van der Waals surface area contributed by atoms with Crippen LogP contribution in [-0.2, 0) is 0 Å². The van der Waals surface area contributed by atoms with E-state index in [9.17, 15) is 9.18 Å². The van der Waals surface area contributed by atoms with Gasteiger partial charge in [0.2, 0.25) is 0 Å². The minimum Gasteiger partial charge on any atom is -0.331 e. The van der Waals surface area contributed by atoms with E-state index in [0.29, 0.717) is 15.7 Å². The van der Waals surface area contributed by atoms with Gasteiger partial charge in [-0.2, -0.15) is 0 Å². The molecule has 0 saturated carbocycles. The molecule has 0 aliphatic heterocycles. The van der Waals surface area contributed by atoms with Crippen molar-refractivity contribution in [2.45, 2.75) is 0 Å². The van der Waals surface area contributed by atoms with Crippen molar-refractivity contribution in [1.29, 1.82) is 0 Å². The molecule has 0 aliphatic carbocycles. The molecule has 0 atom stereocenters. The second kappa shape index (κ2) is 7.40. The fourth-order valence-corrected chi connectivity index (χ4v) is 2.31. The summed E-state index contributed by atoms with van der Waals surface area (Å²) in [5.74, 6) is -1.27. The van der Waals surface area contributed by atoms with Crippen molar-refractivity contribution in [1.82, 2.24) is 10.9 Å². The van der Waals surface area contributed by atoms with Gasteiger partial charge >= 0.3 is 0 Å². The molecule has 0 aliphatic rings. The van der Waals surface area contributed by atoms with Crippen molar-refractivity contribution in [2.75, 3.05) is 5.32 Å². The lowest BCUT2D eigenvalue weighted by atomic mass is 10.2. The number of benzene rings is 2. The van der Waals surface area contributed by atoms with Crippen molar-refractivity contribution in [3.05, 3.63) is 63.9 Å². The van der Waals surface area contributed by atoms with Crippen LogP contribution < -0.4 is 16.2 Å². The molecule has 0 fully saturated rings. The highest BCUT2D eigenvalue weighted by Crippen LogP contribution is 2.22. The number of carbonyl (C=O) groups is 1. The van der Waals surface area contributed by atoms with Crippen molar-refractivity contribution in [3.63, 3.8) is 0 Å². The Morgan fingerprint density at radius 1 is 1.05 bits per heavy atom. The summed E-state index contributed by atoms with van der Waals surface area (Å²) in [6, 6.07) is 10.4. The predicted molar refractivity (Wildman–Crippen MR) is 89.7 cm³/mol. The summed E-state index contributed by atoms with van der Waals surface area (Å²) >= 11 is 16.7. The Hall–Kier alpha value is -1.89. The van der Waals surface area contributed by atoms with Crippen LogP contribution in [0.3, 0.4) is 0 Å². The van der Waals surface area contributed by atoms with Crippen molar-refractivity contribution < 1.29 is 9.18 Å². The number of anilines is 1. The number of amides is 1. The van der Waals surface area contributed by atoms with Crippen LogP contribution in [0.1, 0.15) is 10.4 Å². The fraction of sp³-hybridized carbons (Fsp3) is 0. The van der Waals surface area contributed by atoms with Gasteiger partial charge in [0.05, 0.1) is 5.56 Å². The monoisotopic (exact) mass is 357 g/mol. The minimum atomic E-state index is -0.647. The lowest BCUT2D eigenvalue weighted by Crippen LogP contribution is -2.44. The molecular formula is C14H10Cl2FN3OS. The van der Waals surface area contributed by atoms with Gasteiger partial charge < -0.3 is 5.32 Å². The van der Waals surface area contributed by atoms with E-state index in [1.165, 1.54) is 18.2 Å². The standard InChI is InChI=1S/C14H10Cl2FN3OS/c15-8-5-9(16)7-10(6-8)18-14(22)20-19-13(21)11-3-1-2-4-12(11)17/h1-7H,(H,19,21)(H2,18,20,22). The molecule has 8 heteroatoms. The van der Waals surface area contributed by atoms with Crippen LogP contribution in [0.2, 0.25) is 10.0 Å². The molecule has 1 amide bonds. The number of thiocarbonyl (C=S) groups is 1. The first kappa shape index (κ1) is 16.5. The second-order valence-corrected chi connectivity index (χ2v) is 5.45. The van der Waals surface area contributed by atoms with Gasteiger partial charge in [0.25, 0.3) is 5.91 Å². The Morgan fingerprint density at radius 2 is 1.68 bits per heavy atom. The number of nitrogens with one attached hydrogen (secondary N) is 3. The first-order valence-electron chi connectivity index (χ1n) is 6.03. The molecule has 0 unspecified atom stereocenters. The number of hydrogen-bond donors (Lipinski definition) is 3. The third-order valence-electron chi connectivity index (χ3n) is 2.53. The normalized spacial score (nSPS) is 9.95. The molecule has 0 spiro atoms. The van der Waals surface area contributed by atoms with Gasteiger partial charge in [-0.25, -0.2) is 4.39 Å². The van der Waals surface area contributed by atoms with Gasteiger partial charge in [0, 0.05) is 15.7 Å². The van der Waals surface area contributed by atoms with Crippen LogP contribution >= 0.6 is 35.4 Å². The quantitative estimate of drug-likeness (QED) is 0.565. The molecule has 114 valence electrons. The molecular weight excluding hydrogens is 348 g/mol. The Bertz CT molecular complexity index is 707. The van der Waals surface area contributed by atoms with Crippen LogP contribution in [0.25, 0.3) is 0 Å². The fourth-order valence-electron chi connectivity index (χ4n) is 1.61. The summed E-state index contributed by atoms with van der Waals surface area (Å²) in [5.41, 5.74) is 5.21. The average Bonchev–Trinajstić information content (AvgIpc) is 2.44. The van der Waals surface area contributed by atoms with E-state index in [-0.39, 0.29) is 10.7 Å². The number of carbonyl (C=O) groups excluding carboxylic acids is 1. The second-order valence-electron chi connectivity index (χ2n) is 4.17. The maximum atomic E-state index is 13.4. The Morgan fingerprint density at radius 3 is 2.32 bits per heavy atom. The van der Waals surface area contributed by atoms with Crippen molar-refractivity contribution in [3.8, 4) is 0 Å². The van der Waals surface area contributed by atoms with E-state index in [4.69, 9.17) is 35.4 Å². The molecule has 0 radical (unpaired) electrons. The van der Waals surface area contributed by atoms with Crippen LogP contribution in [0, 0.1) is 5.82 Å². The lowest BCUT2D eigenvalue weighted by molar-refractivity contribution is 0.0940. The smallest absolute Gasteiger partial charge is 0.272 e. The summed E-state index contributed by atoms with van der Waals surface area (Å²) in [7, 11) is 0. The minimum absolute atomic E-state index is 0.0939. The number of hydrazine groups is 1. The molecule has 0 saturated heterocycles. The highest BCUT2D eigenvalue weighted by Gasteiger charge is 2.10. The molecule has 2 aromatic rings. The maximum Gasteiger partial charge on any atom is 0.272 e. The van der Waals surface area contributed by atoms with E-state index in [2.05, 4.69) is 16.2 Å². The predicted octanol–water partition coefficient (Wildman–Crippen LogP) is 3.76. The number of rotatable bonds is 2. The van der Waals surface area contributed by atoms with E-state index >= 15 is 0 Å². The van der Waals surface area contributed by atoms with Gasteiger partial charge in [-0.15, -0.1) is 0 Å². The molecule has 0 heterocycles. The highest BCUT2D eigenvalue weighted by atomic mass is 35.5. The van der Waals surface area contributed by atoms with Gasteiger partial charge in [-0.3, -0.25) is 15.6 Å². The molecule has 4 nitrogen and oxygen atoms in total. The molecule has 0 bridgehead atoms. The zero-order valence-electron chi connectivity index (χ0n) is 11.0. The molecule has 3 N–H and O–H groups in total. The molecule has 0 aromatic heterocycles. The number of hydrogen-bond acceptors (Lipinski definition) is 2. The molecule has 22 heavy (non-hydrogen) atoms. The zero-order chi connectivity index (χ0) is 16.1. The van der Waals surface area contributed by atoms with E-state index < -0.39 is 11.7 Å².